The third-order valence-electron chi connectivity index (χ3n) is 5.37. The molecule has 1 heterocycles. The number of aliphatic hydroxyl groups is 4. The molecule has 0 aliphatic carbocycles. The number of ether oxygens (including phenoxy) is 3. The smallest absolute Gasteiger partial charge is 0.244 e. The molecule has 0 saturated carbocycles. The highest BCUT2D eigenvalue weighted by Gasteiger charge is 2.44. The third-order valence-corrected chi connectivity index (χ3v) is 5.37. The zero-order chi connectivity index (χ0) is 24.7. The highest BCUT2D eigenvalue weighted by Crippen LogP contribution is 2.27. The minimum absolute atomic E-state index is 0.0220. The summed E-state index contributed by atoms with van der Waals surface area (Å²) in [6, 6.07) is 11.6. The van der Waals surface area contributed by atoms with E-state index < -0.39 is 37.3 Å². The molecule has 5 atom stereocenters. The van der Waals surface area contributed by atoms with Gasteiger partial charge in [-0.05, 0) is 47.9 Å². The Morgan fingerprint density at radius 1 is 1.09 bits per heavy atom. The fraction of sp³-hybridized carbons (Fsp3) is 0.375. The van der Waals surface area contributed by atoms with E-state index >= 15 is 0 Å². The minimum Gasteiger partial charge on any atom is -0.504 e. The third kappa shape index (κ3) is 6.46. The van der Waals surface area contributed by atoms with Gasteiger partial charge in [-0.2, -0.15) is 0 Å². The summed E-state index contributed by atoms with van der Waals surface area (Å²) in [5, 5.41) is 51.4. The van der Waals surface area contributed by atoms with Crippen LogP contribution in [0, 0.1) is 0 Å². The Kier molecular flexibility index (Phi) is 8.85. The monoisotopic (exact) mass is 475 g/mol. The van der Waals surface area contributed by atoms with Crippen molar-refractivity contribution in [3.05, 3.63) is 59.7 Å². The first-order chi connectivity index (χ1) is 16.3. The number of amides is 1. The lowest BCUT2D eigenvalue weighted by atomic mass is 9.99. The van der Waals surface area contributed by atoms with Crippen LogP contribution < -0.4 is 14.8 Å². The van der Waals surface area contributed by atoms with Crippen LogP contribution in [0.1, 0.15) is 11.1 Å². The quantitative estimate of drug-likeness (QED) is 0.274. The number of nitrogens with one attached hydrogen (secondary N) is 1. The molecule has 5 unspecified atom stereocenters. The molecule has 1 aliphatic rings. The number of methoxy groups -OCH3 is 1. The highest BCUT2D eigenvalue weighted by atomic mass is 16.7. The van der Waals surface area contributed by atoms with Crippen LogP contribution in [0.4, 0.5) is 0 Å². The molecule has 1 fully saturated rings. The van der Waals surface area contributed by atoms with Crippen molar-refractivity contribution in [1.82, 2.24) is 5.32 Å². The van der Waals surface area contributed by atoms with Crippen molar-refractivity contribution in [3.63, 3.8) is 0 Å². The zero-order valence-electron chi connectivity index (χ0n) is 18.6. The predicted molar refractivity (Wildman–Crippen MR) is 121 cm³/mol. The van der Waals surface area contributed by atoms with E-state index in [1.807, 2.05) is 0 Å². The van der Waals surface area contributed by atoms with Gasteiger partial charge in [0.2, 0.25) is 12.2 Å². The van der Waals surface area contributed by atoms with E-state index in [1.54, 1.807) is 42.5 Å². The number of benzene rings is 2. The summed E-state index contributed by atoms with van der Waals surface area (Å²) in [5.74, 6) is 0.439. The number of hydrogen-bond donors (Lipinski definition) is 6. The molecular formula is C24H29NO9. The van der Waals surface area contributed by atoms with Gasteiger partial charge < -0.3 is 45.1 Å². The second-order valence-corrected chi connectivity index (χ2v) is 7.76. The Balaban J connectivity index is 1.46. The maximum absolute atomic E-state index is 12.0. The van der Waals surface area contributed by atoms with Crippen molar-refractivity contribution >= 4 is 12.0 Å². The molecule has 1 saturated heterocycles. The molecule has 3 rings (SSSR count). The van der Waals surface area contributed by atoms with Crippen molar-refractivity contribution in [2.75, 3.05) is 20.3 Å². The van der Waals surface area contributed by atoms with Crippen LogP contribution in [-0.4, -0.2) is 82.4 Å². The maximum atomic E-state index is 12.0. The van der Waals surface area contributed by atoms with Crippen LogP contribution >= 0.6 is 0 Å². The lowest BCUT2D eigenvalue weighted by Gasteiger charge is -2.39. The van der Waals surface area contributed by atoms with Crippen molar-refractivity contribution < 1.29 is 44.5 Å². The molecule has 6 N–H and O–H groups in total. The number of hydrogen-bond acceptors (Lipinski definition) is 9. The summed E-state index contributed by atoms with van der Waals surface area (Å²) in [6.07, 6.45) is -3.17. The fourth-order valence-electron chi connectivity index (χ4n) is 3.39. The van der Waals surface area contributed by atoms with Crippen molar-refractivity contribution in [2.24, 2.45) is 0 Å². The summed E-state index contributed by atoms with van der Waals surface area (Å²) in [5.41, 5.74) is 1.63. The Morgan fingerprint density at radius 2 is 1.82 bits per heavy atom. The number of aliphatic hydroxyl groups excluding tert-OH is 4. The topological polar surface area (TPSA) is 158 Å². The minimum atomic E-state index is -1.51. The van der Waals surface area contributed by atoms with E-state index in [4.69, 9.17) is 14.2 Å². The van der Waals surface area contributed by atoms with Gasteiger partial charge in [0.1, 0.15) is 30.2 Å². The van der Waals surface area contributed by atoms with Gasteiger partial charge in [-0.25, -0.2) is 0 Å². The molecule has 34 heavy (non-hydrogen) atoms. The normalized spacial score (nSPS) is 24.7. The second-order valence-electron chi connectivity index (χ2n) is 7.76. The molecule has 0 bridgehead atoms. The van der Waals surface area contributed by atoms with Gasteiger partial charge in [-0.15, -0.1) is 0 Å². The molecule has 0 spiro atoms. The summed E-state index contributed by atoms with van der Waals surface area (Å²) < 4.78 is 15.9. The fourth-order valence-corrected chi connectivity index (χ4v) is 3.39. The highest BCUT2D eigenvalue weighted by molar-refractivity contribution is 5.91. The molecule has 0 aromatic heterocycles. The number of rotatable bonds is 9. The number of aromatic hydroxyl groups is 1. The number of phenols is 1. The summed E-state index contributed by atoms with van der Waals surface area (Å²) in [4.78, 5) is 12.0. The first-order valence-corrected chi connectivity index (χ1v) is 10.7. The number of phenolic OH excluding ortho intramolecular Hbond substituents is 1. The average molecular weight is 475 g/mol. The van der Waals surface area contributed by atoms with E-state index in [9.17, 15) is 30.3 Å². The molecule has 10 heteroatoms. The van der Waals surface area contributed by atoms with Crippen molar-refractivity contribution in [2.45, 2.75) is 37.1 Å². The molecule has 184 valence electrons. The van der Waals surface area contributed by atoms with E-state index in [-0.39, 0.29) is 11.7 Å². The summed E-state index contributed by atoms with van der Waals surface area (Å²) in [7, 11) is 1.45. The largest absolute Gasteiger partial charge is 0.504 e. The Hall–Kier alpha value is -3.15. The Labute approximate surface area is 196 Å². The lowest BCUT2D eigenvalue weighted by Crippen LogP contribution is -2.60. The maximum Gasteiger partial charge on any atom is 0.244 e. The average Bonchev–Trinajstić information content (AvgIpc) is 2.84. The zero-order valence-corrected chi connectivity index (χ0v) is 18.6. The van der Waals surface area contributed by atoms with Crippen LogP contribution in [0.2, 0.25) is 0 Å². The second kappa shape index (κ2) is 11.8. The molecule has 2 aromatic rings. The summed E-state index contributed by atoms with van der Waals surface area (Å²) in [6.45, 7) is -0.136. The SMILES string of the molecule is COc1cc(C=CC(=O)NCCc2ccc(OC3OC(CO)C(O)C(O)C3O)cc2)ccc1O. The first-order valence-electron chi connectivity index (χ1n) is 10.7. The van der Waals surface area contributed by atoms with E-state index in [1.165, 1.54) is 19.3 Å². The lowest BCUT2D eigenvalue weighted by molar-refractivity contribution is -0.277. The van der Waals surface area contributed by atoms with E-state index in [0.717, 1.165) is 5.56 Å². The van der Waals surface area contributed by atoms with Gasteiger partial charge >= 0.3 is 0 Å². The van der Waals surface area contributed by atoms with Crippen LogP contribution in [0.15, 0.2) is 48.5 Å². The standard InChI is InChI=1S/C24H29NO9/c1-32-18-12-15(4-8-17(18)27)5-9-20(28)25-11-10-14-2-6-16(7-3-14)33-24-23(31)22(30)21(29)19(13-26)34-24/h2-9,12,19,21-24,26-27,29-31H,10-11,13H2,1H3,(H,25,28). The molecule has 1 aliphatic heterocycles. The van der Waals surface area contributed by atoms with Crippen molar-refractivity contribution in [1.29, 1.82) is 0 Å². The molecule has 10 nitrogen and oxygen atoms in total. The van der Waals surface area contributed by atoms with Crippen molar-refractivity contribution in [3.8, 4) is 17.2 Å². The van der Waals surface area contributed by atoms with E-state index in [2.05, 4.69) is 5.32 Å². The van der Waals surface area contributed by atoms with Crippen LogP contribution in [-0.2, 0) is 16.0 Å². The first kappa shape index (κ1) is 25.5. The van der Waals surface area contributed by atoms with Gasteiger partial charge in [0.05, 0.1) is 13.7 Å². The Bertz CT molecular complexity index is 977. The van der Waals surface area contributed by atoms with Gasteiger partial charge in [-0.3, -0.25) is 4.79 Å². The summed E-state index contributed by atoms with van der Waals surface area (Å²) >= 11 is 0. The van der Waals surface area contributed by atoms with Crippen LogP contribution in [0.25, 0.3) is 6.08 Å². The molecule has 0 radical (unpaired) electrons. The number of carbonyl (C=O) groups excluding carboxylic acids is 1. The van der Waals surface area contributed by atoms with Gasteiger partial charge in [0, 0.05) is 12.6 Å². The Morgan fingerprint density at radius 3 is 2.50 bits per heavy atom. The molecular weight excluding hydrogens is 446 g/mol. The predicted octanol–water partition coefficient (Wildman–Crippen LogP) is -0.0484. The van der Waals surface area contributed by atoms with E-state index in [0.29, 0.717) is 30.0 Å². The molecule has 2 aromatic carbocycles. The van der Waals surface area contributed by atoms with Crippen LogP contribution in [0.5, 0.6) is 17.2 Å². The number of carbonyl (C=O) groups is 1. The molecule has 1 amide bonds. The van der Waals surface area contributed by atoms with Gasteiger partial charge in [0.15, 0.2) is 11.5 Å². The van der Waals surface area contributed by atoms with Gasteiger partial charge in [0.25, 0.3) is 0 Å². The van der Waals surface area contributed by atoms with Crippen LogP contribution in [0.3, 0.4) is 0 Å². The van der Waals surface area contributed by atoms with Gasteiger partial charge in [-0.1, -0.05) is 18.2 Å².